The number of aromatic nitrogens is 2. The Balaban J connectivity index is 1.78. The van der Waals surface area contributed by atoms with Crippen LogP contribution < -0.4 is 10.6 Å². The first kappa shape index (κ1) is 14.1. The van der Waals surface area contributed by atoms with Crippen LogP contribution in [0.3, 0.4) is 0 Å². The van der Waals surface area contributed by atoms with Gasteiger partial charge in [-0.05, 0) is 12.8 Å². The third-order valence-electron chi connectivity index (χ3n) is 2.64. The highest BCUT2D eigenvalue weighted by Gasteiger charge is 2.17. The summed E-state index contributed by atoms with van der Waals surface area (Å²) in [6, 6.07) is -0.0355. The van der Waals surface area contributed by atoms with Crippen LogP contribution in [0.2, 0.25) is 0 Å². The molecule has 2 amide bonds. The van der Waals surface area contributed by atoms with Crippen molar-refractivity contribution in [1.82, 2.24) is 15.5 Å². The minimum atomic E-state index is -0.909. The highest BCUT2D eigenvalue weighted by molar-refractivity contribution is 8.01. The molecule has 1 aliphatic rings. The number of amides is 2. The molecule has 1 fully saturated rings. The molecule has 1 aliphatic carbocycles. The topological polar surface area (TPSA) is 104 Å². The largest absolute Gasteiger partial charge is 0.481 e. The maximum absolute atomic E-state index is 11.7. The maximum atomic E-state index is 11.7. The van der Waals surface area contributed by atoms with E-state index in [-0.39, 0.29) is 17.8 Å². The van der Waals surface area contributed by atoms with E-state index in [9.17, 15) is 9.59 Å². The molecule has 104 valence electrons. The van der Waals surface area contributed by atoms with Crippen molar-refractivity contribution in [3.63, 3.8) is 0 Å². The van der Waals surface area contributed by atoms with Crippen molar-refractivity contribution in [2.45, 2.75) is 36.1 Å². The van der Waals surface area contributed by atoms with Crippen LogP contribution in [0.1, 0.15) is 25.7 Å². The van der Waals surface area contributed by atoms with E-state index in [2.05, 4.69) is 20.8 Å². The molecule has 1 heterocycles. The van der Waals surface area contributed by atoms with Crippen LogP contribution in [0.25, 0.3) is 0 Å². The molecule has 0 aliphatic heterocycles. The number of rotatable bonds is 5. The Morgan fingerprint density at radius 2 is 2.11 bits per heavy atom. The summed E-state index contributed by atoms with van der Waals surface area (Å²) in [4.78, 5) is 22.1. The highest BCUT2D eigenvalue weighted by Crippen LogP contribution is 2.25. The zero-order valence-electron chi connectivity index (χ0n) is 10.1. The standard InChI is InChI=1S/C10H14N4O3S2/c15-7(16)5-18-10-14-13-9(19-10)12-8(17)11-6-3-1-2-4-6/h6H,1-5H2,(H,15,16)(H2,11,12,13,17). The van der Waals surface area contributed by atoms with Gasteiger partial charge in [0.05, 0.1) is 5.75 Å². The Kier molecular flexibility index (Phi) is 4.97. The molecule has 1 aromatic heterocycles. The van der Waals surface area contributed by atoms with Crippen LogP contribution in [0.4, 0.5) is 9.93 Å². The number of carbonyl (C=O) groups is 2. The Morgan fingerprint density at radius 1 is 1.37 bits per heavy atom. The van der Waals surface area contributed by atoms with E-state index >= 15 is 0 Å². The van der Waals surface area contributed by atoms with Crippen LogP contribution in [0.5, 0.6) is 0 Å². The zero-order valence-corrected chi connectivity index (χ0v) is 11.7. The van der Waals surface area contributed by atoms with Gasteiger partial charge in [-0.3, -0.25) is 10.1 Å². The number of nitrogens with one attached hydrogen (secondary N) is 2. The summed E-state index contributed by atoms with van der Waals surface area (Å²) in [7, 11) is 0. The first-order valence-electron chi connectivity index (χ1n) is 5.89. The number of carbonyl (C=O) groups excluding carboxylic acids is 1. The molecule has 0 spiro atoms. The highest BCUT2D eigenvalue weighted by atomic mass is 32.2. The fourth-order valence-corrected chi connectivity index (χ4v) is 3.30. The van der Waals surface area contributed by atoms with Crippen LogP contribution in [-0.4, -0.2) is 39.1 Å². The molecule has 3 N–H and O–H groups in total. The average Bonchev–Trinajstić information content (AvgIpc) is 2.98. The summed E-state index contributed by atoms with van der Waals surface area (Å²) < 4.78 is 0.526. The predicted molar refractivity (Wildman–Crippen MR) is 72.7 cm³/mol. The predicted octanol–water partition coefficient (Wildman–Crippen LogP) is 1.78. The van der Waals surface area contributed by atoms with Gasteiger partial charge in [-0.2, -0.15) is 0 Å². The Labute approximate surface area is 118 Å². The fraction of sp³-hybridized carbons (Fsp3) is 0.600. The molecule has 0 aromatic carbocycles. The van der Waals surface area contributed by atoms with E-state index < -0.39 is 5.97 Å². The van der Waals surface area contributed by atoms with Crippen molar-refractivity contribution in [3.8, 4) is 0 Å². The SMILES string of the molecule is O=C(O)CSc1nnc(NC(=O)NC2CCCC2)s1. The molecule has 0 unspecified atom stereocenters. The van der Waals surface area contributed by atoms with Gasteiger partial charge in [0.25, 0.3) is 0 Å². The Hall–Kier alpha value is -1.35. The summed E-state index contributed by atoms with van der Waals surface area (Å²) in [5.74, 6) is -0.975. The first-order valence-corrected chi connectivity index (χ1v) is 7.69. The zero-order chi connectivity index (χ0) is 13.7. The smallest absolute Gasteiger partial charge is 0.321 e. The molecule has 1 saturated carbocycles. The lowest BCUT2D eigenvalue weighted by molar-refractivity contribution is -0.133. The molecular formula is C10H14N4O3S2. The summed E-state index contributed by atoms with van der Waals surface area (Å²) in [6.45, 7) is 0. The molecule has 0 atom stereocenters. The molecule has 7 nitrogen and oxygen atoms in total. The second-order valence-electron chi connectivity index (χ2n) is 4.14. The maximum Gasteiger partial charge on any atom is 0.321 e. The number of aliphatic carboxylic acids is 1. The Bertz CT molecular complexity index is 459. The number of carboxylic acid groups (broad SMARTS) is 1. The van der Waals surface area contributed by atoms with Gasteiger partial charge in [-0.25, -0.2) is 4.79 Å². The second-order valence-corrected chi connectivity index (χ2v) is 6.34. The number of nitrogens with zero attached hydrogens (tertiary/aromatic N) is 2. The van der Waals surface area contributed by atoms with Gasteiger partial charge in [0.2, 0.25) is 5.13 Å². The van der Waals surface area contributed by atoms with Crippen LogP contribution in [0.15, 0.2) is 4.34 Å². The van der Waals surface area contributed by atoms with Gasteiger partial charge in [0.15, 0.2) is 4.34 Å². The molecule has 0 bridgehead atoms. The van der Waals surface area contributed by atoms with Crippen LogP contribution >= 0.6 is 23.1 Å². The van der Waals surface area contributed by atoms with Crippen molar-refractivity contribution < 1.29 is 14.7 Å². The van der Waals surface area contributed by atoms with E-state index in [0.29, 0.717) is 9.47 Å². The molecule has 0 radical (unpaired) electrons. The summed E-state index contributed by atoms with van der Waals surface area (Å²) >= 11 is 2.25. The molecular weight excluding hydrogens is 288 g/mol. The average molecular weight is 302 g/mol. The number of anilines is 1. The lowest BCUT2D eigenvalue weighted by Gasteiger charge is -2.10. The van der Waals surface area contributed by atoms with Gasteiger partial charge in [-0.1, -0.05) is 35.9 Å². The van der Waals surface area contributed by atoms with Crippen LogP contribution in [-0.2, 0) is 4.79 Å². The molecule has 19 heavy (non-hydrogen) atoms. The first-order chi connectivity index (χ1) is 9.13. The minimum absolute atomic E-state index is 0.0666. The molecule has 1 aromatic rings. The number of thioether (sulfide) groups is 1. The molecule has 2 rings (SSSR count). The van der Waals surface area contributed by atoms with Crippen molar-refractivity contribution >= 4 is 40.2 Å². The third kappa shape index (κ3) is 4.67. The molecule has 0 saturated heterocycles. The third-order valence-corrected chi connectivity index (χ3v) is 4.59. The van der Waals surface area contributed by atoms with Crippen molar-refractivity contribution in [2.24, 2.45) is 0 Å². The lowest BCUT2D eigenvalue weighted by atomic mass is 10.3. The van der Waals surface area contributed by atoms with Crippen molar-refractivity contribution in [3.05, 3.63) is 0 Å². The second kappa shape index (κ2) is 6.71. The monoisotopic (exact) mass is 302 g/mol. The molecule has 9 heteroatoms. The minimum Gasteiger partial charge on any atom is -0.481 e. The fourth-order valence-electron chi connectivity index (χ4n) is 1.83. The summed E-state index contributed by atoms with van der Waals surface area (Å²) in [6.07, 6.45) is 4.34. The van der Waals surface area contributed by atoms with E-state index in [1.54, 1.807) is 0 Å². The van der Waals surface area contributed by atoms with Gasteiger partial charge >= 0.3 is 12.0 Å². The number of urea groups is 1. The van der Waals surface area contributed by atoms with Crippen molar-refractivity contribution in [1.29, 1.82) is 0 Å². The number of hydrogen-bond acceptors (Lipinski definition) is 6. The summed E-state index contributed by atoms with van der Waals surface area (Å²) in [5.41, 5.74) is 0. The van der Waals surface area contributed by atoms with E-state index in [1.165, 1.54) is 11.3 Å². The number of carboxylic acids is 1. The Morgan fingerprint density at radius 3 is 2.79 bits per heavy atom. The van der Waals surface area contributed by atoms with Gasteiger partial charge in [0.1, 0.15) is 0 Å². The number of hydrogen-bond donors (Lipinski definition) is 3. The van der Waals surface area contributed by atoms with Gasteiger partial charge < -0.3 is 10.4 Å². The lowest BCUT2D eigenvalue weighted by Crippen LogP contribution is -2.36. The van der Waals surface area contributed by atoms with E-state index in [0.717, 1.165) is 37.4 Å². The van der Waals surface area contributed by atoms with Gasteiger partial charge in [-0.15, -0.1) is 10.2 Å². The van der Waals surface area contributed by atoms with Gasteiger partial charge in [0, 0.05) is 6.04 Å². The summed E-state index contributed by atoms with van der Waals surface area (Å²) in [5, 5.41) is 22.0. The van der Waals surface area contributed by atoms with E-state index in [1.807, 2.05) is 0 Å². The quantitative estimate of drug-likeness (QED) is 0.566. The van der Waals surface area contributed by atoms with Crippen molar-refractivity contribution in [2.75, 3.05) is 11.1 Å². The van der Waals surface area contributed by atoms with E-state index in [4.69, 9.17) is 5.11 Å². The normalized spacial score (nSPS) is 15.4. The van der Waals surface area contributed by atoms with Crippen LogP contribution in [0, 0.1) is 0 Å².